The van der Waals surface area contributed by atoms with Crippen molar-refractivity contribution in [1.29, 1.82) is 0 Å². The summed E-state index contributed by atoms with van der Waals surface area (Å²) in [6, 6.07) is 36.8. The molecule has 40 heavy (non-hydrogen) atoms. The normalized spacial score (nSPS) is 13.0. The number of fused-ring (bicyclic) bond motifs is 3. The van der Waals surface area contributed by atoms with E-state index in [0.717, 1.165) is 12.8 Å². The van der Waals surface area contributed by atoms with Gasteiger partial charge in [-0.3, -0.25) is 6.08 Å². The molecule has 0 atom stereocenters. The van der Waals surface area contributed by atoms with E-state index in [0.29, 0.717) is 0 Å². The number of rotatable bonds is 2. The second kappa shape index (κ2) is 13.4. The molecule has 0 spiro atoms. The van der Waals surface area contributed by atoms with Gasteiger partial charge in [0.25, 0.3) is 0 Å². The van der Waals surface area contributed by atoms with Crippen LogP contribution in [0, 0.1) is 12.1 Å². The van der Waals surface area contributed by atoms with Gasteiger partial charge in [-0.2, -0.15) is 29.8 Å². The Morgan fingerprint density at radius 2 is 1.30 bits per heavy atom. The molecule has 0 N–H and O–H groups in total. The average Bonchev–Trinajstić information content (AvgIpc) is 3.64. The summed E-state index contributed by atoms with van der Waals surface area (Å²) in [5, 5.41) is 3.03. The van der Waals surface area contributed by atoms with Crippen molar-refractivity contribution < 1.29 is 23.3 Å². The number of allylic oxidation sites excluding steroid dienone is 4. The molecule has 4 aromatic carbocycles. The second-order valence-electron chi connectivity index (χ2n) is 12.4. The van der Waals surface area contributed by atoms with Gasteiger partial charge in [0.15, 0.2) is 0 Å². The molecule has 0 fully saturated rings. The van der Waals surface area contributed by atoms with E-state index < -0.39 is 5.43 Å². The fourth-order valence-corrected chi connectivity index (χ4v) is 8.59. The molecule has 0 bridgehead atoms. The Morgan fingerprint density at radius 1 is 0.700 bits per heavy atom. The van der Waals surface area contributed by atoms with Crippen LogP contribution in [0.4, 0.5) is 0 Å². The summed E-state index contributed by atoms with van der Waals surface area (Å²) >= 11 is 1.64. The maximum absolute atomic E-state index is 3.67. The molecule has 0 saturated carbocycles. The van der Waals surface area contributed by atoms with Gasteiger partial charge < -0.3 is 0 Å². The minimum absolute atomic E-state index is 0.167. The summed E-state index contributed by atoms with van der Waals surface area (Å²) in [6.45, 7) is 13.6. The molecule has 0 aromatic heterocycles. The van der Waals surface area contributed by atoms with Gasteiger partial charge in [0.2, 0.25) is 0 Å². The first-order valence-electron chi connectivity index (χ1n) is 14.1. The van der Waals surface area contributed by atoms with Crippen molar-refractivity contribution in [2.24, 2.45) is 0 Å². The van der Waals surface area contributed by atoms with Crippen LogP contribution in [-0.4, -0.2) is 5.43 Å². The second-order valence-corrected chi connectivity index (χ2v) is 18.0. The molecule has 0 unspecified atom stereocenters. The maximum atomic E-state index is 3.67. The van der Waals surface area contributed by atoms with E-state index in [9.17, 15) is 0 Å². The van der Waals surface area contributed by atoms with E-state index >= 15 is 0 Å². The van der Waals surface area contributed by atoms with Gasteiger partial charge in [-0.1, -0.05) is 65.3 Å². The third-order valence-corrected chi connectivity index (χ3v) is 13.3. The molecule has 6 rings (SSSR count). The van der Waals surface area contributed by atoms with E-state index in [1.165, 1.54) is 43.8 Å². The molecule has 0 heterocycles. The Kier molecular flexibility index (Phi) is 10.2. The van der Waals surface area contributed by atoms with Crippen LogP contribution >= 0.6 is 0 Å². The SMILES string of the molecule is CC(C)(C)c1[c-]c2c(cc1)-c1ccc(C(C)(C)C)cc1C2.[C-]1=CC=CC1.[Zr+2]=[Si](c1ccccc1)c1ccccc1. The van der Waals surface area contributed by atoms with Crippen LogP contribution < -0.4 is 10.4 Å². The van der Waals surface area contributed by atoms with Crippen LogP contribution in [0.3, 0.4) is 0 Å². The van der Waals surface area contributed by atoms with Crippen LogP contribution in [0.15, 0.2) is 109 Å². The first-order valence-corrected chi connectivity index (χ1v) is 19.3. The topological polar surface area (TPSA) is 0 Å². The van der Waals surface area contributed by atoms with Gasteiger partial charge in [0, 0.05) is 0 Å². The monoisotopic (exact) mass is 614 g/mol. The predicted molar refractivity (Wildman–Crippen MR) is 170 cm³/mol. The number of benzene rings is 4. The van der Waals surface area contributed by atoms with Crippen LogP contribution in [0.1, 0.15) is 70.2 Å². The summed E-state index contributed by atoms with van der Waals surface area (Å²) in [7, 11) is 0. The third-order valence-electron chi connectivity index (χ3n) is 7.17. The fraction of sp³-hybridized carbons (Fsp3) is 0.263. The fourth-order valence-electron chi connectivity index (χ4n) is 4.74. The number of hydrogen-bond donors (Lipinski definition) is 0. The summed E-state index contributed by atoms with van der Waals surface area (Å²) < 4.78 is 0. The van der Waals surface area contributed by atoms with Gasteiger partial charge in [-0.25, -0.2) is 12.2 Å². The molecule has 4 aromatic rings. The van der Waals surface area contributed by atoms with Crippen LogP contribution in [-0.2, 0) is 40.6 Å². The first-order chi connectivity index (χ1) is 19.0. The Balaban J connectivity index is 0.000000166. The number of hydrogen-bond acceptors (Lipinski definition) is 0. The molecular weight excluding hydrogens is 576 g/mol. The summed E-state index contributed by atoms with van der Waals surface area (Å²) in [5.74, 6) is 0. The molecule has 0 saturated heterocycles. The van der Waals surface area contributed by atoms with Crippen LogP contribution in [0.2, 0.25) is 0 Å². The molecular formula is C38H40SiZr. The van der Waals surface area contributed by atoms with Crippen molar-refractivity contribution >= 4 is 15.8 Å². The first kappa shape index (κ1) is 30.4. The Bertz CT molecular complexity index is 1380. The van der Waals surface area contributed by atoms with Crippen molar-refractivity contribution in [2.75, 3.05) is 0 Å². The quantitative estimate of drug-likeness (QED) is 0.138. The van der Waals surface area contributed by atoms with Crippen LogP contribution in [0.25, 0.3) is 11.1 Å². The average molecular weight is 616 g/mol. The van der Waals surface area contributed by atoms with Gasteiger partial charge in [0.1, 0.15) is 0 Å². The van der Waals surface area contributed by atoms with Crippen molar-refractivity contribution in [2.45, 2.75) is 65.2 Å². The summed E-state index contributed by atoms with van der Waals surface area (Å²) in [6.07, 6.45) is 11.0. The molecule has 2 heteroatoms. The van der Waals surface area contributed by atoms with E-state index in [1.54, 1.807) is 23.3 Å². The zero-order valence-corrected chi connectivity index (χ0v) is 28.3. The Labute approximate surface area is 257 Å². The third kappa shape index (κ3) is 8.02. The molecule has 0 nitrogen and oxygen atoms in total. The summed E-state index contributed by atoms with van der Waals surface area (Å²) in [5.41, 5.74) is 8.25. The molecule has 0 radical (unpaired) electrons. The molecule has 2 aliphatic carbocycles. The predicted octanol–water partition coefficient (Wildman–Crippen LogP) is 8.30. The summed E-state index contributed by atoms with van der Waals surface area (Å²) in [4.78, 5) is 0. The zero-order chi connectivity index (χ0) is 28.8. The van der Waals surface area contributed by atoms with Crippen molar-refractivity contribution in [3.8, 4) is 11.1 Å². The molecule has 200 valence electrons. The van der Waals surface area contributed by atoms with Crippen molar-refractivity contribution in [1.82, 2.24) is 0 Å². The Hall–Kier alpha value is -2.54. The van der Waals surface area contributed by atoms with Gasteiger partial charge in [-0.15, -0.1) is 17.5 Å². The minimum atomic E-state index is -0.455. The van der Waals surface area contributed by atoms with E-state index in [-0.39, 0.29) is 10.8 Å². The van der Waals surface area contributed by atoms with Gasteiger partial charge >= 0.3 is 99.8 Å². The van der Waals surface area contributed by atoms with Crippen molar-refractivity contribution in [3.63, 3.8) is 0 Å². The van der Waals surface area contributed by atoms with Gasteiger partial charge in [-0.05, 0) is 28.4 Å². The molecule has 0 amide bonds. The molecule has 2 aliphatic rings. The molecule has 0 aliphatic heterocycles. The van der Waals surface area contributed by atoms with Gasteiger partial charge in [0.05, 0.1) is 0 Å². The van der Waals surface area contributed by atoms with E-state index in [2.05, 4.69) is 151 Å². The Morgan fingerprint density at radius 3 is 1.77 bits per heavy atom. The van der Waals surface area contributed by atoms with E-state index in [1.807, 2.05) is 12.2 Å². The zero-order valence-electron chi connectivity index (χ0n) is 24.8. The van der Waals surface area contributed by atoms with Crippen LogP contribution in [0.5, 0.6) is 0 Å². The van der Waals surface area contributed by atoms with Crippen molar-refractivity contribution in [3.05, 3.63) is 144 Å². The van der Waals surface area contributed by atoms with E-state index in [4.69, 9.17) is 0 Å². The standard InChI is InChI=1S/C21H25.C12H10Si.C5H5.Zr/c1-20(2,3)16-7-9-18-14(12-16)11-15-13-17(21(4,5)6)8-10-19(15)18;1-3-7-11(8-4-1)13-12-9-5-2-6-10-12;1-2-4-5-3-1;/h7-10,12H,11H2,1-6H3;1-10H;1-3H,4H2;/q-1;;-1;+2.